The second-order valence-electron chi connectivity index (χ2n) is 13.1. The van der Waals surface area contributed by atoms with Gasteiger partial charge in [0.25, 0.3) is 0 Å². The van der Waals surface area contributed by atoms with E-state index in [4.69, 9.17) is 0 Å². The first-order valence-corrected chi connectivity index (χ1v) is 17.5. The Balaban J connectivity index is 1.59. The number of carbonyl (C=O) groups excluding carboxylic acids is 2. The molecule has 5 rings (SSSR count). The predicted octanol–water partition coefficient (Wildman–Crippen LogP) is 12.4. The summed E-state index contributed by atoms with van der Waals surface area (Å²) in [6.45, 7) is 4.57. The Morgan fingerprint density at radius 2 is 0.867 bits per heavy atom. The molecule has 0 spiro atoms. The second-order valence-corrected chi connectivity index (χ2v) is 13.1. The third-order valence-electron chi connectivity index (χ3n) is 9.99. The molecule has 0 amide bonds. The van der Waals surface area contributed by atoms with Crippen LogP contribution in [0.2, 0.25) is 0 Å². The SMILES string of the molecule is CCCCCCCCC1(CCCCCCCC)c2cc(-c3cccc(C=O)c3)ccc2-c2ccc(-c3cccc(C=O)c3)cc21. The molecule has 0 fully saturated rings. The molecule has 1 aliphatic carbocycles. The van der Waals surface area contributed by atoms with Crippen LogP contribution in [0.25, 0.3) is 33.4 Å². The van der Waals surface area contributed by atoms with E-state index in [9.17, 15) is 9.59 Å². The zero-order chi connectivity index (χ0) is 31.5. The van der Waals surface area contributed by atoms with E-state index in [0.717, 1.165) is 36.5 Å². The van der Waals surface area contributed by atoms with Gasteiger partial charge in [-0.2, -0.15) is 0 Å². The fourth-order valence-electron chi connectivity index (χ4n) is 7.52. The number of carbonyl (C=O) groups is 2. The van der Waals surface area contributed by atoms with Gasteiger partial charge in [0.1, 0.15) is 12.6 Å². The van der Waals surface area contributed by atoms with Crippen LogP contribution in [0.5, 0.6) is 0 Å². The lowest BCUT2D eigenvalue weighted by Gasteiger charge is -2.33. The molecule has 1 aliphatic rings. The zero-order valence-corrected chi connectivity index (χ0v) is 27.5. The first-order valence-electron chi connectivity index (χ1n) is 17.5. The molecule has 0 radical (unpaired) electrons. The van der Waals surface area contributed by atoms with Crippen LogP contribution in [0.15, 0.2) is 84.9 Å². The van der Waals surface area contributed by atoms with Gasteiger partial charge in [-0.25, -0.2) is 0 Å². The van der Waals surface area contributed by atoms with Crippen molar-refractivity contribution in [3.8, 4) is 33.4 Å². The van der Waals surface area contributed by atoms with Crippen molar-refractivity contribution in [2.45, 2.75) is 109 Å². The Morgan fingerprint density at radius 3 is 1.29 bits per heavy atom. The Labute approximate surface area is 271 Å². The minimum absolute atomic E-state index is 0.0588. The largest absolute Gasteiger partial charge is 0.298 e. The zero-order valence-electron chi connectivity index (χ0n) is 27.5. The maximum Gasteiger partial charge on any atom is 0.150 e. The second kappa shape index (κ2) is 16.0. The Hall–Kier alpha value is -3.78. The van der Waals surface area contributed by atoms with Gasteiger partial charge in [-0.15, -0.1) is 0 Å². The minimum atomic E-state index is -0.0588. The summed E-state index contributed by atoms with van der Waals surface area (Å²) < 4.78 is 0. The fraction of sp³-hybridized carbons (Fsp3) is 0.395. The van der Waals surface area contributed by atoms with E-state index in [-0.39, 0.29) is 5.41 Å². The van der Waals surface area contributed by atoms with Crippen molar-refractivity contribution in [1.29, 1.82) is 0 Å². The highest BCUT2D eigenvalue weighted by Crippen LogP contribution is 2.55. The van der Waals surface area contributed by atoms with Gasteiger partial charge in [-0.1, -0.05) is 152 Å². The molecular weight excluding hydrogens is 548 g/mol. The first kappa shape index (κ1) is 32.6. The summed E-state index contributed by atoms with van der Waals surface area (Å²) in [5.41, 5.74) is 11.5. The average molecular weight is 599 g/mol. The third kappa shape index (κ3) is 7.55. The molecule has 0 aromatic heterocycles. The Bertz CT molecular complexity index is 1460. The van der Waals surface area contributed by atoms with Crippen LogP contribution in [0.1, 0.15) is 136 Å². The number of benzene rings is 4. The lowest BCUT2D eigenvalue weighted by atomic mass is 9.70. The maximum absolute atomic E-state index is 11.6. The molecule has 2 nitrogen and oxygen atoms in total. The highest BCUT2D eigenvalue weighted by atomic mass is 16.1. The van der Waals surface area contributed by atoms with Gasteiger partial charge in [0.05, 0.1) is 0 Å². The topological polar surface area (TPSA) is 34.1 Å². The highest BCUT2D eigenvalue weighted by Gasteiger charge is 2.42. The van der Waals surface area contributed by atoms with Crippen molar-refractivity contribution in [2.75, 3.05) is 0 Å². The number of hydrogen-bond donors (Lipinski definition) is 0. The van der Waals surface area contributed by atoms with Gasteiger partial charge in [0.2, 0.25) is 0 Å². The summed E-state index contributed by atoms with van der Waals surface area (Å²) in [5, 5.41) is 0. The number of rotatable bonds is 18. The Kier molecular flexibility index (Phi) is 11.6. The molecule has 0 heterocycles. The molecule has 0 N–H and O–H groups in total. The molecule has 0 aliphatic heterocycles. The van der Waals surface area contributed by atoms with Crippen LogP contribution in [-0.4, -0.2) is 12.6 Å². The fourth-order valence-corrected chi connectivity index (χ4v) is 7.52. The van der Waals surface area contributed by atoms with Crippen molar-refractivity contribution >= 4 is 12.6 Å². The van der Waals surface area contributed by atoms with Crippen LogP contribution >= 0.6 is 0 Å². The van der Waals surface area contributed by atoms with Crippen molar-refractivity contribution in [2.24, 2.45) is 0 Å². The third-order valence-corrected chi connectivity index (χ3v) is 9.99. The van der Waals surface area contributed by atoms with E-state index in [1.165, 1.54) is 110 Å². The summed E-state index contributed by atoms with van der Waals surface area (Å²) in [4.78, 5) is 23.2. The van der Waals surface area contributed by atoms with Crippen LogP contribution in [0.4, 0.5) is 0 Å². The van der Waals surface area contributed by atoms with Crippen molar-refractivity contribution < 1.29 is 9.59 Å². The number of hydrogen-bond acceptors (Lipinski definition) is 2. The maximum atomic E-state index is 11.6. The van der Waals surface area contributed by atoms with Gasteiger partial charge >= 0.3 is 0 Å². The number of aldehydes is 2. The molecule has 0 bridgehead atoms. The molecule has 0 saturated carbocycles. The molecular formula is C43H50O2. The van der Waals surface area contributed by atoms with Crippen molar-refractivity contribution in [1.82, 2.24) is 0 Å². The standard InChI is InChI=1S/C43H50O2/c1-3-5-7-9-11-13-25-43(26-14-12-10-8-6-4-2)41-29-37(35-19-15-17-33(27-35)31-44)21-23-39(41)40-24-22-38(30-42(40)43)36-20-16-18-34(28-36)32-45/h15-24,27-32H,3-14,25-26H2,1-2H3. The summed E-state index contributed by atoms with van der Waals surface area (Å²) in [7, 11) is 0. The average Bonchev–Trinajstić information content (AvgIpc) is 3.36. The molecule has 234 valence electrons. The quantitative estimate of drug-likeness (QED) is 0.0843. The van der Waals surface area contributed by atoms with E-state index < -0.39 is 0 Å². The van der Waals surface area contributed by atoms with Crippen LogP contribution < -0.4 is 0 Å². The normalized spacial score (nSPS) is 12.9. The molecule has 0 saturated heterocycles. The van der Waals surface area contributed by atoms with Gasteiger partial charge in [-0.3, -0.25) is 9.59 Å². The summed E-state index contributed by atoms with van der Waals surface area (Å²) in [5.74, 6) is 0. The van der Waals surface area contributed by atoms with E-state index in [0.29, 0.717) is 11.1 Å². The molecule has 2 heteroatoms. The van der Waals surface area contributed by atoms with E-state index >= 15 is 0 Å². The van der Waals surface area contributed by atoms with Gasteiger partial charge in [0, 0.05) is 16.5 Å². The lowest BCUT2D eigenvalue weighted by Crippen LogP contribution is -2.25. The molecule has 4 aromatic rings. The van der Waals surface area contributed by atoms with Gasteiger partial charge in [0.15, 0.2) is 0 Å². The lowest BCUT2D eigenvalue weighted by molar-refractivity contribution is 0.111. The van der Waals surface area contributed by atoms with Crippen LogP contribution in [0.3, 0.4) is 0 Å². The first-order chi connectivity index (χ1) is 22.1. The van der Waals surface area contributed by atoms with Gasteiger partial charge < -0.3 is 0 Å². The van der Waals surface area contributed by atoms with E-state index in [1.807, 2.05) is 36.4 Å². The van der Waals surface area contributed by atoms with Crippen LogP contribution in [-0.2, 0) is 5.41 Å². The number of fused-ring (bicyclic) bond motifs is 3. The monoisotopic (exact) mass is 598 g/mol. The molecule has 0 atom stereocenters. The summed E-state index contributed by atoms with van der Waals surface area (Å²) in [6.07, 6.45) is 19.6. The van der Waals surface area contributed by atoms with Crippen molar-refractivity contribution in [3.63, 3.8) is 0 Å². The minimum Gasteiger partial charge on any atom is -0.298 e. The van der Waals surface area contributed by atoms with E-state index in [2.05, 4.69) is 62.4 Å². The number of unbranched alkanes of at least 4 members (excludes halogenated alkanes) is 10. The molecule has 4 aromatic carbocycles. The van der Waals surface area contributed by atoms with E-state index in [1.54, 1.807) is 0 Å². The van der Waals surface area contributed by atoms with Gasteiger partial charge in [-0.05, 0) is 81.6 Å². The highest BCUT2D eigenvalue weighted by molar-refractivity contribution is 5.87. The predicted molar refractivity (Wildman–Crippen MR) is 190 cm³/mol. The molecule has 0 unspecified atom stereocenters. The smallest absolute Gasteiger partial charge is 0.150 e. The summed E-state index contributed by atoms with van der Waals surface area (Å²) in [6, 6.07) is 30.0. The molecule has 45 heavy (non-hydrogen) atoms. The van der Waals surface area contributed by atoms with Crippen LogP contribution in [0, 0.1) is 0 Å². The van der Waals surface area contributed by atoms with Crippen molar-refractivity contribution in [3.05, 3.63) is 107 Å². The Morgan fingerprint density at radius 1 is 0.467 bits per heavy atom. The summed E-state index contributed by atoms with van der Waals surface area (Å²) >= 11 is 0.